The van der Waals surface area contributed by atoms with Crippen LogP contribution in [0.1, 0.15) is 46.4 Å². The molecule has 1 saturated carbocycles. The fraction of sp³-hybridized carbons (Fsp3) is 0.321. The molecule has 216 valence electrons. The maximum Gasteiger partial charge on any atom is 0.390 e. The number of nitrogens with one attached hydrogen (secondary N) is 2. The second kappa shape index (κ2) is 10.6. The normalized spacial score (nSPS) is 13.9. The van der Waals surface area contributed by atoms with Crippen LogP contribution in [0.2, 0.25) is 0 Å². The number of hydrogen-bond acceptors (Lipinski definition) is 5. The first kappa shape index (κ1) is 28.2. The maximum absolute atomic E-state index is 15.7. The van der Waals surface area contributed by atoms with Gasteiger partial charge in [-0.25, -0.2) is 13.9 Å². The third kappa shape index (κ3) is 5.93. The highest BCUT2D eigenvalue weighted by Gasteiger charge is 2.38. The number of methoxy groups -OCH3 is 1. The van der Waals surface area contributed by atoms with Crippen LogP contribution in [0, 0.1) is 12.7 Å². The van der Waals surface area contributed by atoms with Crippen LogP contribution in [0.5, 0.6) is 5.75 Å². The average molecular weight is 578 g/mol. The molecule has 1 aliphatic carbocycles. The number of halogens is 6. The number of fused-ring (bicyclic) bond motifs is 1. The molecule has 1 fully saturated rings. The van der Waals surface area contributed by atoms with Gasteiger partial charge < -0.3 is 15.4 Å². The molecular weight excluding hydrogens is 552 g/mol. The molecule has 5 rings (SSSR count). The quantitative estimate of drug-likeness (QED) is 0.230. The molecule has 0 radical (unpaired) electrons. The van der Waals surface area contributed by atoms with Crippen LogP contribution >= 0.6 is 0 Å². The van der Waals surface area contributed by atoms with Crippen molar-refractivity contribution >= 4 is 17.2 Å². The number of amides is 1. The lowest BCUT2D eigenvalue weighted by molar-refractivity contribution is -0.131. The second-order valence-corrected chi connectivity index (χ2v) is 9.82. The van der Waals surface area contributed by atoms with Gasteiger partial charge >= 0.3 is 12.1 Å². The Bertz CT molecular complexity index is 1610. The van der Waals surface area contributed by atoms with Crippen molar-refractivity contribution in [3.8, 4) is 17.0 Å². The minimum absolute atomic E-state index is 0.0100. The van der Waals surface area contributed by atoms with Crippen LogP contribution in [0.3, 0.4) is 0 Å². The predicted octanol–water partition coefficient (Wildman–Crippen LogP) is 6.25. The zero-order valence-electron chi connectivity index (χ0n) is 22.0. The van der Waals surface area contributed by atoms with Crippen molar-refractivity contribution in [3.05, 3.63) is 76.9 Å². The molecule has 1 amide bonds. The van der Waals surface area contributed by atoms with Crippen LogP contribution in [0.25, 0.3) is 16.9 Å². The summed E-state index contributed by atoms with van der Waals surface area (Å²) < 4.78 is 90.1. The first-order chi connectivity index (χ1) is 19.4. The zero-order chi connectivity index (χ0) is 29.5. The molecular formula is C28H25F6N5O2. The third-order valence-electron chi connectivity index (χ3n) is 6.71. The summed E-state index contributed by atoms with van der Waals surface area (Å²) in [6.07, 6.45) is -2.49. The molecule has 4 aromatic rings. The van der Waals surface area contributed by atoms with Gasteiger partial charge in [0.25, 0.3) is 5.91 Å². The van der Waals surface area contributed by atoms with Crippen molar-refractivity contribution < 1.29 is 35.9 Å². The number of alkyl halides is 5. The summed E-state index contributed by atoms with van der Waals surface area (Å²) in [4.78, 5) is 16.8. The molecule has 0 saturated heterocycles. The lowest BCUT2D eigenvalue weighted by Gasteiger charge is -2.19. The van der Waals surface area contributed by atoms with Crippen LogP contribution in [0.4, 0.5) is 32.0 Å². The Hall–Kier alpha value is -4.29. The van der Waals surface area contributed by atoms with Crippen molar-refractivity contribution in [3.63, 3.8) is 0 Å². The van der Waals surface area contributed by atoms with E-state index in [9.17, 15) is 22.4 Å². The summed E-state index contributed by atoms with van der Waals surface area (Å²) >= 11 is 0. The third-order valence-corrected chi connectivity index (χ3v) is 6.71. The minimum Gasteiger partial charge on any atom is -0.494 e. The number of nitrogens with zero attached hydrogens (tertiary/aromatic N) is 3. The SMILES string of the molecule is COc1ccc(C(F)(F)c2cc(NCCC(F)(F)F)c3ncc(-c4ccc(C(=O)NC5CC5)c(C)c4)n3n2)cc1F. The van der Waals surface area contributed by atoms with E-state index >= 15 is 8.78 Å². The second-order valence-electron chi connectivity index (χ2n) is 9.82. The highest BCUT2D eigenvalue weighted by atomic mass is 19.4. The van der Waals surface area contributed by atoms with E-state index < -0.39 is 42.1 Å². The van der Waals surface area contributed by atoms with Crippen molar-refractivity contribution in [1.82, 2.24) is 19.9 Å². The van der Waals surface area contributed by atoms with Gasteiger partial charge in [-0.3, -0.25) is 4.79 Å². The van der Waals surface area contributed by atoms with Crippen molar-refractivity contribution in [2.75, 3.05) is 19.0 Å². The number of hydrogen-bond donors (Lipinski definition) is 2. The number of aryl methyl sites for hydroxylation is 1. The highest BCUT2D eigenvalue weighted by molar-refractivity contribution is 5.96. The molecule has 0 atom stereocenters. The van der Waals surface area contributed by atoms with Crippen molar-refractivity contribution in [1.29, 1.82) is 0 Å². The number of rotatable bonds is 9. The molecule has 1 aliphatic rings. The summed E-state index contributed by atoms with van der Waals surface area (Å²) in [7, 11) is 1.19. The smallest absolute Gasteiger partial charge is 0.390 e. The first-order valence-electron chi connectivity index (χ1n) is 12.7. The largest absolute Gasteiger partial charge is 0.494 e. The predicted molar refractivity (Wildman–Crippen MR) is 139 cm³/mol. The van der Waals surface area contributed by atoms with Crippen LogP contribution < -0.4 is 15.4 Å². The molecule has 2 N–H and O–H groups in total. The fourth-order valence-corrected chi connectivity index (χ4v) is 4.37. The van der Waals surface area contributed by atoms with Gasteiger partial charge in [-0.1, -0.05) is 6.07 Å². The summed E-state index contributed by atoms with van der Waals surface area (Å²) in [6.45, 7) is 1.13. The standard InChI is InChI=1S/C28H25F6N5O2/c1-15-11-16(3-7-19(15)26(40)37-18-5-6-18)22-14-36-25-21(35-10-9-27(30,31)32)13-24(38-39(22)25)28(33,34)17-4-8-23(41-2)20(29)12-17/h3-4,7-8,11-14,18,35H,5-6,9-10H2,1-2H3,(H,37,40). The van der Waals surface area contributed by atoms with Crippen LogP contribution in [-0.2, 0) is 5.92 Å². The van der Waals surface area contributed by atoms with Gasteiger partial charge in [0.2, 0.25) is 0 Å². The van der Waals surface area contributed by atoms with Gasteiger partial charge in [0, 0.05) is 29.3 Å². The fourth-order valence-electron chi connectivity index (χ4n) is 4.37. The molecule has 2 aromatic heterocycles. The Morgan fingerprint density at radius 3 is 2.49 bits per heavy atom. The molecule has 0 bridgehead atoms. The number of carbonyl (C=O) groups excluding carboxylic acids is 1. The van der Waals surface area contributed by atoms with Crippen molar-refractivity contribution in [2.45, 2.75) is 44.3 Å². The lowest BCUT2D eigenvalue weighted by atomic mass is 10.0. The Morgan fingerprint density at radius 2 is 1.85 bits per heavy atom. The summed E-state index contributed by atoms with van der Waals surface area (Å²) in [5, 5.41) is 9.54. The van der Waals surface area contributed by atoms with E-state index in [2.05, 4.69) is 20.7 Å². The number of aromatic nitrogens is 3. The van der Waals surface area contributed by atoms with E-state index in [0.717, 1.165) is 35.6 Å². The summed E-state index contributed by atoms with van der Waals surface area (Å²) in [5.41, 5.74) is 0.137. The zero-order valence-corrected chi connectivity index (χ0v) is 22.0. The average Bonchev–Trinajstić information content (AvgIpc) is 3.62. The Balaban J connectivity index is 1.58. The van der Waals surface area contributed by atoms with Crippen molar-refractivity contribution in [2.24, 2.45) is 0 Å². The summed E-state index contributed by atoms with van der Waals surface area (Å²) in [5.74, 6) is -5.32. The van der Waals surface area contributed by atoms with E-state index in [1.165, 1.54) is 13.3 Å². The Morgan fingerprint density at radius 1 is 1.10 bits per heavy atom. The topological polar surface area (TPSA) is 80.5 Å². The monoisotopic (exact) mass is 577 g/mol. The van der Waals surface area contributed by atoms with Crippen LogP contribution in [0.15, 0.2) is 48.7 Å². The van der Waals surface area contributed by atoms with Crippen LogP contribution in [-0.4, -0.2) is 46.4 Å². The molecule has 0 aliphatic heterocycles. The highest BCUT2D eigenvalue weighted by Crippen LogP contribution is 2.38. The van der Waals surface area contributed by atoms with E-state index in [1.54, 1.807) is 25.1 Å². The van der Waals surface area contributed by atoms with Gasteiger partial charge in [-0.15, -0.1) is 0 Å². The first-order valence-corrected chi connectivity index (χ1v) is 12.7. The van der Waals surface area contributed by atoms with Gasteiger partial charge in [-0.05, 0) is 61.7 Å². The molecule has 2 heterocycles. The molecule has 41 heavy (non-hydrogen) atoms. The number of ether oxygens (including phenoxy) is 1. The number of anilines is 1. The molecule has 0 unspecified atom stereocenters. The van der Waals surface area contributed by atoms with E-state index in [1.807, 2.05) is 0 Å². The van der Waals surface area contributed by atoms with E-state index in [-0.39, 0.29) is 34.7 Å². The Kier molecular flexibility index (Phi) is 7.30. The van der Waals surface area contributed by atoms with Gasteiger partial charge in [0.1, 0.15) is 5.69 Å². The van der Waals surface area contributed by atoms with E-state index in [4.69, 9.17) is 4.74 Å². The molecule has 0 spiro atoms. The minimum atomic E-state index is -4.48. The van der Waals surface area contributed by atoms with E-state index in [0.29, 0.717) is 22.8 Å². The van der Waals surface area contributed by atoms with Gasteiger partial charge in [-0.2, -0.15) is 27.1 Å². The molecule has 2 aromatic carbocycles. The summed E-state index contributed by atoms with van der Waals surface area (Å²) in [6, 6.07) is 8.59. The number of carbonyl (C=O) groups is 1. The molecule has 7 nitrogen and oxygen atoms in total. The Labute approximate surface area is 230 Å². The lowest BCUT2D eigenvalue weighted by Crippen LogP contribution is -2.26. The number of imidazole rings is 1. The van der Waals surface area contributed by atoms with Gasteiger partial charge in [0.05, 0.1) is 31.1 Å². The maximum atomic E-state index is 15.7. The number of benzene rings is 2. The molecule has 13 heteroatoms. The van der Waals surface area contributed by atoms with Gasteiger partial charge in [0.15, 0.2) is 17.2 Å².